The molecule has 2 aliphatic rings. The minimum atomic E-state index is -0.511. The van der Waals surface area contributed by atoms with Crippen LogP contribution in [0.1, 0.15) is 20.8 Å². The molecule has 1 atom stereocenters. The quantitative estimate of drug-likeness (QED) is 0.734. The van der Waals surface area contributed by atoms with E-state index < -0.39 is 11.4 Å². The lowest BCUT2D eigenvalue weighted by molar-refractivity contribution is 0.0194. The highest BCUT2D eigenvalue weighted by Crippen LogP contribution is 2.33. The maximum atomic E-state index is 13.2. The Balaban J connectivity index is 1.71. The van der Waals surface area contributed by atoms with Crippen LogP contribution in [0, 0.1) is 5.82 Å². The summed E-state index contributed by atoms with van der Waals surface area (Å²) in [6, 6.07) is 1.35. The number of hydrogen-bond acceptors (Lipinski definition) is 5. The van der Waals surface area contributed by atoms with Gasteiger partial charge >= 0.3 is 6.09 Å². The van der Waals surface area contributed by atoms with Crippen LogP contribution in [-0.2, 0) is 4.74 Å². The lowest BCUT2D eigenvalue weighted by Crippen LogP contribution is -2.59. The number of hydrogen-bond donors (Lipinski definition) is 0. The fourth-order valence-corrected chi connectivity index (χ4v) is 2.69. The first-order chi connectivity index (χ1) is 10.3. The molecule has 0 radical (unpaired) electrons. The van der Waals surface area contributed by atoms with Crippen molar-refractivity contribution < 1.29 is 18.7 Å². The van der Waals surface area contributed by atoms with Gasteiger partial charge in [-0.25, -0.2) is 14.2 Å². The minimum absolute atomic E-state index is 0.00623. The second-order valence-corrected chi connectivity index (χ2v) is 6.56. The number of carbonyl (C=O) groups is 1. The first kappa shape index (κ1) is 14.9. The molecular weight excluding hydrogens is 289 g/mol. The van der Waals surface area contributed by atoms with Gasteiger partial charge in [0.1, 0.15) is 18.0 Å². The van der Waals surface area contributed by atoms with E-state index in [1.807, 2.05) is 20.8 Å². The molecule has 1 unspecified atom stereocenters. The van der Waals surface area contributed by atoms with Crippen LogP contribution in [0.15, 0.2) is 12.3 Å². The van der Waals surface area contributed by atoms with Crippen molar-refractivity contribution in [3.63, 3.8) is 0 Å². The van der Waals surface area contributed by atoms with Gasteiger partial charge in [-0.1, -0.05) is 0 Å². The second kappa shape index (κ2) is 5.30. The maximum absolute atomic E-state index is 13.2. The molecule has 7 heteroatoms. The molecule has 3 rings (SSSR count). The van der Waals surface area contributed by atoms with E-state index >= 15 is 0 Å². The van der Waals surface area contributed by atoms with Gasteiger partial charge in [-0.2, -0.15) is 0 Å². The molecule has 0 bridgehead atoms. The number of pyridine rings is 1. The topological polar surface area (TPSA) is 54.9 Å². The van der Waals surface area contributed by atoms with Crippen LogP contribution >= 0.6 is 0 Å². The van der Waals surface area contributed by atoms with Crippen LogP contribution in [0.4, 0.5) is 15.0 Å². The molecule has 0 aromatic carbocycles. The van der Waals surface area contributed by atoms with Crippen molar-refractivity contribution in [3.05, 3.63) is 18.1 Å². The monoisotopic (exact) mass is 309 g/mol. The Morgan fingerprint density at radius 3 is 2.95 bits per heavy atom. The fourth-order valence-electron chi connectivity index (χ4n) is 2.69. The molecule has 1 fully saturated rings. The first-order valence-electron chi connectivity index (χ1n) is 7.36. The van der Waals surface area contributed by atoms with Gasteiger partial charge in [-0.05, 0) is 20.8 Å². The molecular formula is C15H20FN3O3. The van der Waals surface area contributed by atoms with Crippen molar-refractivity contribution in [1.29, 1.82) is 0 Å². The smallest absolute Gasteiger partial charge is 0.410 e. The van der Waals surface area contributed by atoms with Gasteiger partial charge in [-0.3, -0.25) is 0 Å². The number of aromatic nitrogens is 1. The molecule has 22 heavy (non-hydrogen) atoms. The zero-order chi connectivity index (χ0) is 15.9. The summed E-state index contributed by atoms with van der Waals surface area (Å²) in [5, 5.41) is 0. The van der Waals surface area contributed by atoms with Crippen molar-refractivity contribution in [1.82, 2.24) is 9.88 Å². The third-order valence-corrected chi connectivity index (χ3v) is 3.64. The average Bonchev–Trinajstić information content (AvgIpc) is 2.44. The van der Waals surface area contributed by atoms with E-state index in [1.165, 1.54) is 12.3 Å². The first-order valence-corrected chi connectivity index (χ1v) is 7.36. The molecule has 0 saturated carbocycles. The number of halogens is 1. The Morgan fingerprint density at radius 1 is 1.45 bits per heavy atom. The molecule has 1 amide bonds. The largest absolute Gasteiger partial charge is 0.487 e. The van der Waals surface area contributed by atoms with Crippen LogP contribution in [0.2, 0.25) is 0 Å². The number of rotatable bonds is 0. The van der Waals surface area contributed by atoms with E-state index in [4.69, 9.17) is 9.47 Å². The number of piperazine rings is 1. The summed E-state index contributed by atoms with van der Waals surface area (Å²) in [6.07, 6.45) is 0.871. The van der Waals surface area contributed by atoms with Crippen LogP contribution in [-0.4, -0.2) is 53.9 Å². The summed E-state index contributed by atoms with van der Waals surface area (Å²) in [7, 11) is 0. The summed E-state index contributed by atoms with van der Waals surface area (Å²) in [4.78, 5) is 20.0. The zero-order valence-electron chi connectivity index (χ0n) is 13.0. The number of anilines is 1. The lowest BCUT2D eigenvalue weighted by atomic mass is 10.1. The molecule has 6 nitrogen and oxygen atoms in total. The second-order valence-electron chi connectivity index (χ2n) is 6.56. The highest BCUT2D eigenvalue weighted by atomic mass is 19.1. The highest BCUT2D eigenvalue weighted by molar-refractivity contribution is 5.69. The molecule has 0 N–H and O–H groups in total. The molecule has 120 valence electrons. The molecule has 0 aliphatic carbocycles. The Kier molecular flexibility index (Phi) is 3.58. The van der Waals surface area contributed by atoms with Crippen molar-refractivity contribution in [2.75, 3.05) is 31.1 Å². The minimum Gasteiger partial charge on any atom is -0.487 e. The molecule has 1 aromatic heterocycles. The van der Waals surface area contributed by atoms with Crippen LogP contribution in [0.3, 0.4) is 0 Å². The average molecular weight is 309 g/mol. The summed E-state index contributed by atoms with van der Waals surface area (Å²) in [5.41, 5.74) is -0.511. The number of carbonyl (C=O) groups excluding carboxylic acids is 1. The van der Waals surface area contributed by atoms with E-state index in [1.54, 1.807) is 4.90 Å². The lowest BCUT2D eigenvalue weighted by Gasteiger charge is -2.44. The zero-order valence-corrected chi connectivity index (χ0v) is 13.0. The Bertz CT molecular complexity index is 588. The van der Waals surface area contributed by atoms with Gasteiger partial charge in [0.2, 0.25) is 0 Å². The predicted molar refractivity (Wildman–Crippen MR) is 78.6 cm³/mol. The van der Waals surface area contributed by atoms with E-state index in [0.717, 1.165) is 0 Å². The Morgan fingerprint density at radius 2 is 2.23 bits per heavy atom. The van der Waals surface area contributed by atoms with Crippen molar-refractivity contribution in [2.45, 2.75) is 32.4 Å². The Labute approximate surface area is 128 Å². The van der Waals surface area contributed by atoms with Gasteiger partial charge < -0.3 is 19.3 Å². The summed E-state index contributed by atoms with van der Waals surface area (Å²) in [5.74, 6) is 0.688. The molecule has 0 spiro atoms. The van der Waals surface area contributed by atoms with Gasteiger partial charge in [-0.15, -0.1) is 0 Å². The van der Waals surface area contributed by atoms with E-state index in [9.17, 15) is 9.18 Å². The number of nitrogens with zero attached hydrogens (tertiary/aromatic N) is 3. The normalized spacial score (nSPS) is 20.8. The summed E-state index contributed by atoms with van der Waals surface area (Å²) < 4.78 is 24.2. The fraction of sp³-hybridized carbons (Fsp3) is 0.600. The van der Waals surface area contributed by atoms with Crippen molar-refractivity contribution in [2.24, 2.45) is 0 Å². The molecule has 1 aromatic rings. The Hall–Kier alpha value is -2.05. The van der Waals surface area contributed by atoms with Crippen molar-refractivity contribution in [3.8, 4) is 5.75 Å². The van der Waals surface area contributed by atoms with E-state index in [0.29, 0.717) is 37.8 Å². The summed E-state index contributed by atoms with van der Waals surface area (Å²) in [6.45, 7) is 7.62. The molecule has 1 saturated heterocycles. The van der Waals surface area contributed by atoms with Gasteiger partial charge in [0.25, 0.3) is 0 Å². The maximum Gasteiger partial charge on any atom is 0.410 e. The van der Waals surface area contributed by atoms with Gasteiger partial charge in [0, 0.05) is 25.7 Å². The van der Waals surface area contributed by atoms with Crippen LogP contribution in [0.25, 0.3) is 0 Å². The number of amides is 1. The van der Waals surface area contributed by atoms with Crippen molar-refractivity contribution >= 4 is 11.9 Å². The SMILES string of the molecule is CC(C)(C)OC(=O)N1CCN2c3ncc(F)cc3OCC2C1. The van der Waals surface area contributed by atoms with Crippen LogP contribution < -0.4 is 9.64 Å². The molecule has 2 aliphatic heterocycles. The third kappa shape index (κ3) is 2.93. The number of ether oxygens (including phenoxy) is 2. The van der Waals surface area contributed by atoms with Gasteiger partial charge in [0.05, 0.1) is 12.2 Å². The number of fused-ring (bicyclic) bond motifs is 3. The molecule has 3 heterocycles. The summed E-state index contributed by atoms with van der Waals surface area (Å²) >= 11 is 0. The van der Waals surface area contributed by atoms with Gasteiger partial charge in [0.15, 0.2) is 11.6 Å². The third-order valence-electron chi connectivity index (χ3n) is 3.64. The van der Waals surface area contributed by atoms with E-state index in [2.05, 4.69) is 9.88 Å². The highest BCUT2D eigenvalue weighted by Gasteiger charge is 2.36. The standard InChI is InChI=1S/C15H20FN3O3/c1-15(2,3)22-14(20)18-4-5-19-11(8-18)9-21-12-6-10(16)7-17-13(12)19/h6-7,11H,4-5,8-9H2,1-3H3. The predicted octanol–water partition coefficient (Wildman–Crippen LogP) is 2.04. The van der Waals surface area contributed by atoms with Crippen LogP contribution in [0.5, 0.6) is 5.75 Å². The van der Waals surface area contributed by atoms with E-state index in [-0.39, 0.29) is 12.1 Å².